The Balaban J connectivity index is 1.62. The van der Waals surface area contributed by atoms with Crippen LogP contribution in [0.5, 0.6) is 0 Å². The van der Waals surface area contributed by atoms with Gasteiger partial charge in [0.15, 0.2) is 5.78 Å². The summed E-state index contributed by atoms with van der Waals surface area (Å²) in [6, 6.07) is 7.80. The van der Waals surface area contributed by atoms with E-state index < -0.39 is 0 Å². The van der Waals surface area contributed by atoms with Gasteiger partial charge in [0.25, 0.3) is 0 Å². The van der Waals surface area contributed by atoms with Crippen LogP contribution < -0.4 is 5.32 Å². The quantitative estimate of drug-likeness (QED) is 0.722. The van der Waals surface area contributed by atoms with E-state index in [1.807, 2.05) is 24.3 Å². The molecule has 5 nitrogen and oxygen atoms in total. The molecule has 0 radical (unpaired) electrons. The van der Waals surface area contributed by atoms with E-state index in [0.717, 1.165) is 88.6 Å². The largest absolute Gasteiger partial charge is 0.379 e. The van der Waals surface area contributed by atoms with Crippen molar-refractivity contribution in [3.05, 3.63) is 29.8 Å². The van der Waals surface area contributed by atoms with Crippen molar-refractivity contribution in [2.75, 3.05) is 44.7 Å². The summed E-state index contributed by atoms with van der Waals surface area (Å²) >= 11 is 0. The topological polar surface area (TPSA) is 53.9 Å². The molecule has 0 aromatic heterocycles. The average Bonchev–Trinajstić information content (AvgIpc) is 2.68. The van der Waals surface area contributed by atoms with Gasteiger partial charge in [-0.1, -0.05) is 38.3 Å². The zero-order chi connectivity index (χ0) is 18.2. The molecule has 1 unspecified atom stereocenters. The minimum Gasteiger partial charge on any atom is -0.379 e. The standard InChI is InChI=1S/C21H31N3O2/c1-2-3-4-9-18-20(25)17-8-5-6-10-19(17)23-21(18)22-11-7-12-24-13-15-26-16-14-24/h5-6,8,10,18H,2-4,7,9,11-16H2,1H3,(H,22,23). The molecule has 0 spiro atoms. The molecule has 5 heteroatoms. The number of fused-ring (bicyclic) bond motifs is 1. The first-order chi connectivity index (χ1) is 12.8. The van der Waals surface area contributed by atoms with Crippen LogP contribution >= 0.6 is 0 Å². The Hall–Kier alpha value is -1.72. The van der Waals surface area contributed by atoms with Gasteiger partial charge in [0.1, 0.15) is 5.84 Å². The maximum absolute atomic E-state index is 13.0. The Bertz CT molecular complexity index is 623. The number of amidine groups is 1. The smallest absolute Gasteiger partial charge is 0.175 e. The minimum atomic E-state index is -0.111. The second-order valence-corrected chi connectivity index (χ2v) is 7.16. The van der Waals surface area contributed by atoms with Gasteiger partial charge in [-0.3, -0.25) is 14.7 Å². The first-order valence-electron chi connectivity index (χ1n) is 10.0. The number of carbonyl (C=O) groups is 1. The maximum atomic E-state index is 13.0. The number of hydrogen-bond donors (Lipinski definition) is 1. The number of unbranched alkanes of at least 4 members (excludes halogenated alkanes) is 2. The first kappa shape index (κ1) is 19.1. The normalized spacial score (nSPS) is 22.3. The van der Waals surface area contributed by atoms with Gasteiger partial charge in [-0.2, -0.15) is 0 Å². The molecule has 1 aromatic rings. The van der Waals surface area contributed by atoms with Crippen LogP contribution in [0.15, 0.2) is 29.3 Å². The molecule has 142 valence electrons. The molecular weight excluding hydrogens is 326 g/mol. The SMILES string of the molecule is CCCCCC1C(=O)c2ccccc2NC1=NCCCN1CCOCC1. The summed E-state index contributed by atoms with van der Waals surface area (Å²) in [6.45, 7) is 7.70. The summed E-state index contributed by atoms with van der Waals surface area (Å²) in [4.78, 5) is 20.2. The van der Waals surface area contributed by atoms with E-state index >= 15 is 0 Å². The predicted octanol–water partition coefficient (Wildman–Crippen LogP) is 3.61. The third kappa shape index (κ3) is 4.92. The number of ether oxygens (including phenoxy) is 1. The van der Waals surface area contributed by atoms with Crippen molar-refractivity contribution in [2.24, 2.45) is 10.9 Å². The van der Waals surface area contributed by atoms with Crippen LogP contribution in [0.1, 0.15) is 49.4 Å². The summed E-state index contributed by atoms with van der Waals surface area (Å²) in [6.07, 6.45) is 5.30. The third-order valence-corrected chi connectivity index (χ3v) is 5.22. The Labute approximate surface area is 156 Å². The molecule has 0 saturated carbocycles. The number of para-hydroxylation sites is 1. The Morgan fingerprint density at radius 3 is 2.81 bits per heavy atom. The number of rotatable bonds is 8. The predicted molar refractivity (Wildman–Crippen MR) is 106 cm³/mol. The number of Topliss-reactive ketones (excluding diaryl/α,β-unsaturated/α-hetero) is 1. The Kier molecular flexibility index (Phi) is 7.21. The van der Waals surface area contributed by atoms with Crippen molar-refractivity contribution in [2.45, 2.75) is 39.0 Å². The van der Waals surface area contributed by atoms with Crippen molar-refractivity contribution in [3.63, 3.8) is 0 Å². The lowest BCUT2D eigenvalue weighted by Gasteiger charge is -2.27. The number of anilines is 1. The summed E-state index contributed by atoms with van der Waals surface area (Å²) in [5.41, 5.74) is 1.71. The van der Waals surface area contributed by atoms with Crippen molar-refractivity contribution in [1.82, 2.24) is 4.90 Å². The van der Waals surface area contributed by atoms with Crippen LogP contribution in [0.4, 0.5) is 5.69 Å². The fourth-order valence-electron chi connectivity index (χ4n) is 3.68. The van der Waals surface area contributed by atoms with Crippen LogP contribution in [0, 0.1) is 5.92 Å². The van der Waals surface area contributed by atoms with Crippen LogP contribution in [0.25, 0.3) is 0 Å². The van der Waals surface area contributed by atoms with Gasteiger partial charge in [-0.15, -0.1) is 0 Å². The lowest BCUT2D eigenvalue weighted by atomic mass is 9.87. The van der Waals surface area contributed by atoms with Crippen LogP contribution in [0.3, 0.4) is 0 Å². The Morgan fingerprint density at radius 2 is 2.00 bits per heavy atom. The molecule has 26 heavy (non-hydrogen) atoms. The highest BCUT2D eigenvalue weighted by Gasteiger charge is 2.31. The summed E-state index contributed by atoms with van der Waals surface area (Å²) in [5.74, 6) is 0.981. The fourth-order valence-corrected chi connectivity index (χ4v) is 3.68. The van der Waals surface area contributed by atoms with E-state index in [4.69, 9.17) is 9.73 Å². The molecule has 1 saturated heterocycles. The number of carbonyl (C=O) groups excluding carboxylic acids is 1. The molecule has 0 bridgehead atoms. The molecule has 1 N–H and O–H groups in total. The van der Waals surface area contributed by atoms with Gasteiger partial charge in [-0.25, -0.2) is 0 Å². The molecule has 0 amide bonds. The lowest BCUT2D eigenvalue weighted by molar-refractivity contribution is 0.0377. The second kappa shape index (κ2) is 9.83. The first-order valence-corrected chi connectivity index (χ1v) is 10.0. The van der Waals surface area contributed by atoms with E-state index in [1.165, 1.54) is 0 Å². The van der Waals surface area contributed by atoms with Crippen molar-refractivity contribution < 1.29 is 9.53 Å². The molecule has 2 heterocycles. The molecular formula is C21H31N3O2. The van der Waals surface area contributed by atoms with Crippen molar-refractivity contribution in [1.29, 1.82) is 0 Å². The van der Waals surface area contributed by atoms with E-state index in [1.54, 1.807) is 0 Å². The van der Waals surface area contributed by atoms with Crippen LogP contribution in [0.2, 0.25) is 0 Å². The molecule has 2 aliphatic rings. The Morgan fingerprint density at radius 1 is 1.19 bits per heavy atom. The second-order valence-electron chi connectivity index (χ2n) is 7.16. The molecule has 1 atom stereocenters. The summed E-state index contributed by atoms with van der Waals surface area (Å²) in [7, 11) is 0. The molecule has 1 fully saturated rings. The zero-order valence-corrected chi connectivity index (χ0v) is 15.9. The number of hydrogen-bond acceptors (Lipinski definition) is 4. The lowest BCUT2D eigenvalue weighted by Crippen LogP contribution is -2.37. The summed E-state index contributed by atoms with van der Waals surface area (Å²) < 4.78 is 5.39. The molecule has 2 aliphatic heterocycles. The van der Waals surface area contributed by atoms with Crippen LogP contribution in [-0.4, -0.2) is 55.9 Å². The molecule has 0 aliphatic carbocycles. The number of benzene rings is 1. The van der Waals surface area contributed by atoms with Gasteiger partial charge in [0.2, 0.25) is 0 Å². The number of ketones is 1. The maximum Gasteiger partial charge on any atom is 0.175 e. The number of nitrogens with zero attached hydrogens (tertiary/aromatic N) is 2. The van der Waals surface area contributed by atoms with Crippen molar-refractivity contribution >= 4 is 17.3 Å². The van der Waals surface area contributed by atoms with Gasteiger partial charge < -0.3 is 10.1 Å². The van der Waals surface area contributed by atoms with E-state index in [0.29, 0.717) is 0 Å². The van der Waals surface area contributed by atoms with Gasteiger partial charge in [0, 0.05) is 31.7 Å². The average molecular weight is 357 g/mol. The van der Waals surface area contributed by atoms with Gasteiger partial charge >= 0.3 is 0 Å². The third-order valence-electron chi connectivity index (χ3n) is 5.22. The minimum absolute atomic E-state index is 0.111. The molecule has 3 rings (SSSR count). The zero-order valence-electron chi connectivity index (χ0n) is 15.9. The monoisotopic (exact) mass is 357 g/mol. The van der Waals surface area contributed by atoms with E-state index in [2.05, 4.69) is 17.1 Å². The highest BCUT2D eigenvalue weighted by molar-refractivity contribution is 6.22. The number of morpholine rings is 1. The van der Waals surface area contributed by atoms with Gasteiger partial charge in [0.05, 0.1) is 24.8 Å². The highest BCUT2D eigenvalue weighted by atomic mass is 16.5. The van der Waals surface area contributed by atoms with E-state index in [-0.39, 0.29) is 11.7 Å². The highest BCUT2D eigenvalue weighted by Crippen LogP contribution is 2.29. The van der Waals surface area contributed by atoms with E-state index in [9.17, 15) is 4.79 Å². The summed E-state index contributed by atoms with van der Waals surface area (Å²) in [5, 5.41) is 3.44. The molecule has 1 aromatic carbocycles. The van der Waals surface area contributed by atoms with Crippen LogP contribution in [-0.2, 0) is 4.74 Å². The van der Waals surface area contributed by atoms with Crippen molar-refractivity contribution in [3.8, 4) is 0 Å². The van der Waals surface area contributed by atoms with Gasteiger partial charge in [-0.05, 0) is 25.0 Å². The number of nitrogens with one attached hydrogen (secondary N) is 1. The fraction of sp³-hybridized carbons (Fsp3) is 0.619. The number of aliphatic imine (C=N–C) groups is 1.